The molecule has 0 atom stereocenters. The fourth-order valence-corrected chi connectivity index (χ4v) is 1.10. The molecule has 0 radical (unpaired) electrons. The molecular formula is C13H14N2O3. The highest BCUT2D eigenvalue weighted by molar-refractivity contribution is 6.02. The van der Waals surface area contributed by atoms with Crippen LogP contribution in [0, 0.1) is 0 Å². The van der Waals surface area contributed by atoms with Gasteiger partial charge in [0, 0.05) is 16.9 Å². The quantitative estimate of drug-likeness (QED) is 0.634. The Bertz CT molecular complexity index is 478. The van der Waals surface area contributed by atoms with E-state index >= 15 is 0 Å². The molecule has 1 aromatic rings. The van der Waals surface area contributed by atoms with Gasteiger partial charge in [-0.2, -0.15) is 0 Å². The van der Waals surface area contributed by atoms with Gasteiger partial charge >= 0.3 is 6.09 Å². The summed E-state index contributed by atoms with van der Waals surface area (Å²) in [5, 5.41) is 5.13. The second-order valence-electron chi connectivity index (χ2n) is 3.51. The van der Waals surface area contributed by atoms with E-state index in [0.29, 0.717) is 16.9 Å². The van der Waals surface area contributed by atoms with Crippen molar-refractivity contribution in [3.63, 3.8) is 0 Å². The first-order valence-corrected chi connectivity index (χ1v) is 5.18. The monoisotopic (exact) mass is 246 g/mol. The van der Waals surface area contributed by atoms with Crippen molar-refractivity contribution in [2.24, 2.45) is 0 Å². The minimum atomic E-state index is -0.622. The van der Waals surface area contributed by atoms with Crippen LogP contribution in [-0.2, 0) is 9.53 Å². The molecule has 1 aromatic carbocycles. The zero-order valence-electron chi connectivity index (χ0n) is 10.0. The highest BCUT2D eigenvalue weighted by atomic mass is 16.5. The summed E-state index contributed by atoms with van der Waals surface area (Å²) in [4.78, 5) is 22.4. The molecule has 5 heteroatoms. The topological polar surface area (TPSA) is 67.4 Å². The Balaban J connectivity index is 2.62. The number of ether oxygens (including phenoxy) is 1. The van der Waals surface area contributed by atoms with Gasteiger partial charge in [-0.25, -0.2) is 4.79 Å². The molecule has 0 fully saturated rings. The van der Waals surface area contributed by atoms with E-state index in [2.05, 4.69) is 28.5 Å². The minimum absolute atomic E-state index is 0.248. The number of carbonyl (C=O) groups excluding carboxylic acids is 2. The number of hydrogen-bond acceptors (Lipinski definition) is 3. The van der Waals surface area contributed by atoms with E-state index in [-0.39, 0.29) is 5.91 Å². The lowest BCUT2D eigenvalue weighted by atomic mass is 10.2. The Kier molecular flexibility index (Phi) is 4.68. The Morgan fingerprint density at radius 1 is 1.17 bits per heavy atom. The van der Waals surface area contributed by atoms with Gasteiger partial charge in [0.25, 0.3) is 5.91 Å². The summed E-state index contributed by atoms with van der Waals surface area (Å²) in [5.41, 5.74) is 1.59. The van der Waals surface area contributed by atoms with Crippen molar-refractivity contribution in [2.75, 3.05) is 10.6 Å². The zero-order chi connectivity index (χ0) is 13.5. The Morgan fingerprint density at radius 2 is 1.67 bits per heavy atom. The van der Waals surface area contributed by atoms with Gasteiger partial charge < -0.3 is 10.1 Å². The van der Waals surface area contributed by atoms with Gasteiger partial charge in [-0.15, -0.1) is 0 Å². The van der Waals surface area contributed by atoms with Gasteiger partial charge in [-0.05, 0) is 31.2 Å². The highest BCUT2D eigenvalue weighted by Crippen LogP contribution is 2.14. The van der Waals surface area contributed by atoms with Gasteiger partial charge in [0.1, 0.15) is 0 Å². The molecule has 1 rings (SSSR count). The summed E-state index contributed by atoms with van der Waals surface area (Å²) in [5.74, 6) is -0.248. The Hall–Kier alpha value is -2.56. The number of hydrogen-bond donors (Lipinski definition) is 2. The molecule has 0 aliphatic rings. The van der Waals surface area contributed by atoms with E-state index in [0.717, 1.165) is 6.26 Å². The number of carbonyl (C=O) groups is 2. The van der Waals surface area contributed by atoms with Gasteiger partial charge in [0.15, 0.2) is 0 Å². The third-order valence-corrected chi connectivity index (χ3v) is 1.97. The molecule has 2 amide bonds. The standard InChI is InChI=1S/C13H14N2O3/c1-4-18-13(17)15-11-7-5-10(6-8-11)14-12(16)9(2)3/h4-8H,1-2H2,3H3,(H,14,16)(H,15,17). The predicted octanol–water partition coefficient (Wildman–Crippen LogP) is 2.89. The lowest BCUT2D eigenvalue weighted by molar-refractivity contribution is -0.112. The van der Waals surface area contributed by atoms with Crippen LogP contribution in [0.4, 0.5) is 16.2 Å². The number of nitrogens with one attached hydrogen (secondary N) is 2. The molecule has 0 heterocycles. The van der Waals surface area contributed by atoms with Gasteiger partial charge in [-0.1, -0.05) is 13.2 Å². The van der Waals surface area contributed by atoms with E-state index in [4.69, 9.17) is 0 Å². The smallest absolute Gasteiger partial charge is 0.416 e. The molecule has 0 aliphatic heterocycles. The fourth-order valence-electron chi connectivity index (χ4n) is 1.10. The molecule has 0 saturated carbocycles. The summed E-state index contributed by atoms with van der Waals surface area (Å²) in [7, 11) is 0. The largest absolute Gasteiger partial charge is 0.419 e. The summed E-state index contributed by atoms with van der Waals surface area (Å²) < 4.78 is 4.50. The first kappa shape index (κ1) is 13.5. The van der Waals surface area contributed by atoms with Crippen molar-refractivity contribution >= 4 is 23.4 Å². The lowest BCUT2D eigenvalue weighted by Gasteiger charge is -2.07. The third kappa shape index (κ3) is 4.13. The average molecular weight is 246 g/mol. The highest BCUT2D eigenvalue weighted by Gasteiger charge is 2.04. The predicted molar refractivity (Wildman–Crippen MR) is 70.2 cm³/mol. The molecule has 94 valence electrons. The fraction of sp³-hybridized carbons (Fsp3) is 0.0769. The molecule has 0 aromatic heterocycles. The van der Waals surface area contributed by atoms with E-state index in [1.807, 2.05) is 0 Å². The number of anilines is 2. The molecule has 2 N–H and O–H groups in total. The van der Waals surface area contributed by atoms with Crippen molar-refractivity contribution in [1.29, 1.82) is 0 Å². The molecule has 0 saturated heterocycles. The number of rotatable bonds is 4. The normalized spacial score (nSPS) is 9.17. The van der Waals surface area contributed by atoms with Crippen LogP contribution in [0.25, 0.3) is 0 Å². The van der Waals surface area contributed by atoms with Crippen LogP contribution in [0.2, 0.25) is 0 Å². The lowest BCUT2D eigenvalue weighted by Crippen LogP contribution is -2.12. The van der Waals surface area contributed by atoms with Crippen molar-refractivity contribution in [3.05, 3.63) is 49.3 Å². The Morgan fingerprint density at radius 3 is 2.11 bits per heavy atom. The van der Waals surface area contributed by atoms with Gasteiger partial charge in [0.2, 0.25) is 0 Å². The van der Waals surface area contributed by atoms with Crippen LogP contribution in [0.3, 0.4) is 0 Å². The summed E-state index contributed by atoms with van der Waals surface area (Å²) in [6.45, 7) is 8.42. The summed E-state index contributed by atoms with van der Waals surface area (Å²) in [6, 6.07) is 6.59. The first-order chi connectivity index (χ1) is 8.52. The van der Waals surface area contributed by atoms with E-state index in [1.165, 1.54) is 0 Å². The zero-order valence-corrected chi connectivity index (χ0v) is 10.0. The molecule has 18 heavy (non-hydrogen) atoms. The summed E-state index contributed by atoms with van der Waals surface area (Å²) >= 11 is 0. The minimum Gasteiger partial charge on any atom is -0.419 e. The van der Waals surface area contributed by atoms with Gasteiger partial charge in [0.05, 0.1) is 6.26 Å². The van der Waals surface area contributed by atoms with E-state index in [9.17, 15) is 9.59 Å². The first-order valence-electron chi connectivity index (χ1n) is 5.18. The molecule has 0 aliphatic carbocycles. The SMILES string of the molecule is C=COC(=O)Nc1ccc(NC(=O)C(=C)C)cc1. The van der Waals surface area contributed by atoms with Crippen LogP contribution in [-0.4, -0.2) is 12.0 Å². The van der Waals surface area contributed by atoms with Crippen LogP contribution in [0.15, 0.2) is 49.3 Å². The van der Waals surface area contributed by atoms with Crippen molar-refractivity contribution in [3.8, 4) is 0 Å². The maximum atomic E-state index is 11.3. The van der Waals surface area contributed by atoms with Crippen LogP contribution in [0.1, 0.15) is 6.92 Å². The third-order valence-electron chi connectivity index (χ3n) is 1.97. The van der Waals surface area contributed by atoms with E-state index < -0.39 is 6.09 Å². The molecule has 0 bridgehead atoms. The van der Waals surface area contributed by atoms with Crippen LogP contribution < -0.4 is 10.6 Å². The molecule has 0 spiro atoms. The van der Waals surface area contributed by atoms with Crippen molar-refractivity contribution in [1.82, 2.24) is 0 Å². The van der Waals surface area contributed by atoms with Crippen molar-refractivity contribution < 1.29 is 14.3 Å². The molecular weight excluding hydrogens is 232 g/mol. The Labute approximate surface area is 105 Å². The average Bonchev–Trinajstić information content (AvgIpc) is 2.31. The van der Waals surface area contributed by atoms with E-state index in [1.54, 1.807) is 31.2 Å². The maximum absolute atomic E-state index is 11.3. The molecule has 0 unspecified atom stereocenters. The van der Waals surface area contributed by atoms with Crippen LogP contribution in [0.5, 0.6) is 0 Å². The summed E-state index contributed by atoms with van der Waals surface area (Å²) in [6.07, 6.45) is 0.417. The van der Waals surface area contributed by atoms with Crippen LogP contribution >= 0.6 is 0 Å². The number of benzene rings is 1. The van der Waals surface area contributed by atoms with Crippen molar-refractivity contribution in [2.45, 2.75) is 6.92 Å². The number of amides is 2. The molecule has 5 nitrogen and oxygen atoms in total. The second-order valence-corrected chi connectivity index (χ2v) is 3.51. The maximum Gasteiger partial charge on any atom is 0.416 e. The second kappa shape index (κ2) is 6.24. The van der Waals surface area contributed by atoms with Gasteiger partial charge in [-0.3, -0.25) is 10.1 Å².